The van der Waals surface area contributed by atoms with Crippen molar-refractivity contribution in [2.75, 3.05) is 0 Å². The van der Waals surface area contributed by atoms with Crippen LogP contribution in [-0.2, 0) is 19.2 Å². The Morgan fingerprint density at radius 2 is 0.852 bits per heavy atom. The molecule has 0 radical (unpaired) electrons. The van der Waals surface area contributed by atoms with Gasteiger partial charge in [0, 0.05) is 12.8 Å². The number of carboxylic acid groups (broad SMARTS) is 2. The molecule has 27 heavy (non-hydrogen) atoms. The molecule has 0 heterocycles. The Morgan fingerprint density at radius 3 is 1.04 bits per heavy atom. The zero-order valence-electron chi connectivity index (χ0n) is 17.8. The maximum atomic E-state index is 10.6. The monoisotopic (exact) mass is 458 g/mol. The Morgan fingerprint density at radius 1 is 0.593 bits per heavy atom. The molecule has 0 atom stereocenters. The average Bonchev–Trinajstić information content (AvgIpc) is 2.46. The van der Waals surface area contributed by atoms with E-state index in [0.717, 1.165) is 25.7 Å². The van der Waals surface area contributed by atoms with Crippen LogP contribution >= 0.6 is 0 Å². The van der Waals surface area contributed by atoms with Crippen LogP contribution in [0.4, 0.5) is 0 Å². The summed E-state index contributed by atoms with van der Waals surface area (Å²) in [7, 11) is 0. The first kappa shape index (κ1) is 31.5. The summed E-state index contributed by atoms with van der Waals surface area (Å²) in [5.74, 6) is -4.69. The van der Waals surface area contributed by atoms with E-state index in [1.807, 2.05) is 0 Å². The number of hydrogen-bond acceptors (Lipinski definition) is 6. The van der Waals surface area contributed by atoms with E-state index >= 15 is 0 Å². The summed E-state index contributed by atoms with van der Waals surface area (Å²) in [6, 6.07) is 0. The van der Waals surface area contributed by atoms with Gasteiger partial charge in [0.05, 0.1) is 0 Å². The average molecular weight is 458 g/mol. The molecule has 0 rings (SSSR count). The minimum atomic E-state index is -1.56. The molecule has 152 valence electrons. The third-order valence-electron chi connectivity index (χ3n) is 3.62. The molecule has 0 aromatic heterocycles. The molecule has 0 aromatic rings. The number of carboxylic acids is 2. The second-order valence-electron chi connectivity index (χ2n) is 8.96. The van der Waals surface area contributed by atoms with Crippen LogP contribution in [0, 0.1) is 10.8 Å². The van der Waals surface area contributed by atoms with Gasteiger partial charge in [0.2, 0.25) is 0 Å². The van der Waals surface area contributed by atoms with Gasteiger partial charge in [-0.1, -0.05) is 54.4 Å². The summed E-state index contributed by atoms with van der Waals surface area (Å²) < 4.78 is 0. The van der Waals surface area contributed by atoms with Crippen molar-refractivity contribution < 1.29 is 29.4 Å². The summed E-state index contributed by atoms with van der Waals surface area (Å²) in [5.41, 5.74) is 0.509. The third kappa shape index (κ3) is 25.8. The summed E-state index contributed by atoms with van der Waals surface area (Å²) in [6.07, 6.45) is 5.30. The van der Waals surface area contributed by atoms with E-state index in [2.05, 4.69) is 41.5 Å². The van der Waals surface area contributed by atoms with Crippen LogP contribution in [0.25, 0.3) is 0 Å². The molecule has 0 spiro atoms. The second kappa shape index (κ2) is 15.7. The molecule has 0 unspecified atom stereocenters. The first-order valence-corrected chi connectivity index (χ1v) is 9.14. The predicted octanol–water partition coefficient (Wildman–Crippen LogP) is 1.44. The fourth-order valence-corrected chi connectivity index (χ4v) is 2.09. The summed E-state index contributed by atoms with van der Waals surface area (Å²) in [4.78, 5) is 41.3. The van der Waals surface area contributed by atoms with Crippen LogP contribution in [0.3, 0.4) is 0 Å². The van der Waals surface area contributed by atoms with Crippen molar-refractivity contribution in [3.05, 3.63) is 0 Å². The Bertz CT molecular complexity index is 428. The van der Waals surface area contributed by atoms with Crippen LogP contribution in [0.2, 0.25) is 0 Å². The zero-order valence-corrected chi connectivity index (χ0v) is 21.3. The first-order valence-electron chi connectivity index (χ1n) is 9.14. The second-order valence-corrected chi connectivity index (χ2v) is 8.96. The Balaban J connectivity index is -0.000000411. The number of hydrogen-bond donors (Lipinski definition) is 0. The van der Waals surface area contributed by atoms with Gasteiger partial charge in [-0.25, -0.2) is 0 Å². The Kier molecular flexibility index (Phi) is 18.2. The van der Waals surface area contributed by atoms with Crippen molar-refractivity contribution in [1.29, 1.82) is 0 Å². The van der Waals surface area contributed by atoms with Gasteiger partial charge in [-0.2, -0.15) is 0 Å². The number of aliphatic carboxylic acids is 2. The van der Waals surface area contributed by atoms with Crippen molar-refractivity contribution in [2.24, 2.45) is 10.8 Å². The largest absolute Gasteiger partial charge is 2.00 e. The number of Topliss-reactive ketones (excluding diaryl/α,β-unsaturated/α-hetero) is 2. The molecule has 0 fully saturated rings. The van der Waals surface area contributed by atoms with E-state index in [1.54, 1.807) is 0 Å². The van der Waals surface area contributed by atoms with E-state index < -0.39 is 23.5 Å². The number of unbranched alkanes of at least 4 members (excludes halogenated alkanes) is 2. The summed E-state index contributed by atoms with van der Waals surface area (Å²) in [6.45, 7) is 12.7. The molecule has 0 N–H and O–H groups in total. The topological polar surface area (TPSA) is 114 Å². The Hall–Kier alpha value is -0.239. The van der Waals surface area contributed by atoms with Gasteiger partial charge in [-0.05, 0) is 36.5 Å². The van der Waals surface area contributed by atoms with Crippen molar-refractivity contribution in [1.82, 2.24) is 0 Å². The molecule has 0 saturated heterocycles. The maximum absolute atomic E-state index is 10.6. The summed E-state index contributed by atoms with van der Waals surface area (Å²) >= 11 is 0. The molecule has 0 aliphatic rings. The van der Waals surface area contributed by atoms with Gasteiger partial charge in [0.25, 0.3) is 0 Å². The van der Waals surface area contributed by atoms with Gasteiger partial charge in [0.15, 0.2) is 11.6 Å². The molecule has 0 aliphatic carbocycles. The molecule has 0 aliphatic heterocycles. The van der Waals surface area contributed by atoms with Crippen LogP contribution in [0.1, 0.15) is 92.9 Å². The SMILES string of the molecule is CC(C)(C)CCCCC(=O)C(=O)[O-].CC(C)(C)CCCCC(=O)C(=O)[O-].[Sr+2]. The van der Waals surface area contributed by atoms with Gasteiger partial charge < -0.3 is 19.8 Å². The normalized spacial score (nSPS) is 10.9. The molecular weight excluding hydrogens is 424 g/mol. The minimum absolute atomic E-state index is 0. The standard InChI is InChI=1S/2C10H18O3.Sr/c2*1-10(2,3)7-5-4-6-8(11)9(12)13;/h2*4-7H2,1-3H3,(H,12,13);/q;;+2/p-2. The predicted molar refractivity (Wildman–Crippen MR) is 102 cm³/mol. The molecule has 7 heteroatoms. The molecule has 6 nitrogen and oxygen atoms in total. The first-order chi connectivity index (χ1) is 11.7. The van der Waals surface area contributed by atoms with Gasteiger partial charge in [0.1, 0.15) is 11.9 Å². The van der Waals surface area contributed by atoms with Crippen LogP contribution < -0.4 is 10.2 Å². The molecular formula is C20H34O6Sr. The van der Waals surface area contributed by atoms with E-state index in [0.29, 0.717) is 12.8 Å². The Labute approximate surface area is 200 Å². The smallest absolute Gasteiger partial charge is 0.542 e. The van der Waals surface area contributed by atoms with Gasteiger partial charge in [-0.3, -0.25) is 9.59 Å². The van der Waals surface area contributed by atoms with Crippen molar-refractivity contribution in [3.8, 4) is 0 Å². The van der Waals surface area contributed by atoms with E-state index in [-0.39, 0.29) is 69.2 Å². The van der Waals surface area contributed by atoms with Crippen molar-refractivity contribution in [2.45, 2.75) is 92.9 Å². The van der Waals surface area contributed by atoms with Crippen LogP contribution in [-0.4, -0.2) is 69.0 Å². The van der Waals surface area contributed by atoms with Crippen molar-refractivity contribution in [3.63, 3.8) is 0 Å². The number of carbonyl (C=O) groups excluding carboxylic acids is 4. The summed E-state index contributed by atoms with van der Waals surface area (Å²) in [5, 5.41) is 20.1. The maximum Gasteiger partial charge on any atom is 2.00 e. The van der Waals surface area contributed by atoms with E-state index in [4.69, 9.17) is 0 Å². The van der Waals surface area contributed by atoms with E-state index in [1.165, 1.54) is 0 Å². The number of carbonyl (C=O) groups is 4. The fraction of sp³-hybridized carbons (Fsp3) is 0.800. The molecule has 0 amide bonds. The molecule has 0 saturated carbocycles. The number of rotatable bonds is 10. The molecule has 0 bridgehead atoms. The van der Waals surface area contributed by atoms with Gasteiger partial charge >= 0.3 is 45.5 Å². The fourth-order valence-electron chi connectivity index (χ4n) is 2.09. The minimum Gasteiger partial charge on any atom is -0.542 e. The van der Waals surface area contributed by atoms with Gasteiger partial charge in [-0.15, -0.1) is 0 Å². The van der Waals surface area contributed by atoms with Crippen LogP contribution in [0.15, 0.2) is 0 Å². The van der Waals surface area contributed by atoms with E-state index in [9.17, 15) is 29.4 Å². The van der Waals surface area contributed by atoms with Crippen molar-refractivity contribution >= 4 is 69.0 Å². The van der Waals surface area contributed by atoms with Crippen LogP contribution in [0.5, 0.6) is 0 Å². The third-order valence-corrected chi connectivity index (χ3v) is 3.62. The zero-order chi connectivity index (χ0) is 21.0. The number of ketones is 2. The quantitative estimate of drug-likeness (QED) is 0.278. The molecule has 0 aromatic carbocycles.